The molecule has 1 aliphatic rings. The first-order valence-electron chi connectivity index (χ1n) is 10.7. The molecule has 0 radical (unpaired) electrons. The zero-order chi connectivity index (χ0) is 22.7. The van der Waals surface area contributed by atoms with Crippen molar-refractivity contribution in [3.05, 3.63) is 82.1 Å². The SMILES string of the molecule is Cc1ccc(OCC(=O)N2CCc3c(cnc(C)c3CNC(=O)c3ccoc3C)C2)cc1. The number of nitrogens with one attached hydrogen (secondary N) is 1. The minimum atomic E-state index is -0.172. The number of carbonyl (C=O) groups excluding carboxylic acids is 2. The first kappa shape index (κ1) is 21.6. The number of carbonyl (C=O) groups is 2. The molecule has 0 unspecified atom stereocenters. The molecule has 7 nitrogen and oxygen atoms in total. The Morgan fingerprint density at radius 2 is 1.94 bits per heavy atom. The Bertz CT molecular complexity index is 1130. The molecular formula is C25H27N3O4. The number of aryl methyl sites for hydroxylation is 3. The smallest absolute Gasteiger partial charge is 0.260 e. The number of furan rings is 1. The van der Waals surface area contributed by atoms with E-state index >= 15 is 0 Å². The van der Waals surface area contributed by atoms with E-state index in [-0.39, 0.29) is 18.4 Å². The summed E-state index contributed by atoms with van der Waals surface area (Å²) in [6.45, 7) is 7.20. The summed E-state index contributed by atoms with van der Waals surface area (Å²) >= 11 is 0. The molecule has 7 heteroatoms. The number of pyridine rings is 1. The molecule has 166 valence electrons. The van der Waals surface area contributed by atoms with Gasteiger partial charge in [-0.25, -0.2) is 0 Å². The summed E-state index contributed by atoms with van der Waals surface area (Å²) in [4.78, 5) is 31.5. The van der Waals surface area contributed by atoms with Crippen molar-refractivity contribution in [3.63, 3.8) is 0 Å². The van der Waals surface area contributed by atoms with Gasteiger partial charge >= 0.3 is 0 Å². The van der Waals surface area contributed by atoms with Gasteiger partial charge < -0.3 is 19.4 Å². The Morgan fingerprint density at radius 1 is 1.16 bits per heavy atom. The van der Waals surface area contributed by atoms with Gasteiger partial charge in [0.2, 0.25) is 0 Å². The minimum absolute atomic E-state index is 0.00461. The van der Waals surface area contributed by atoms with Gasteiger partial charge in [-0.2, -0.15) is 0 Å². The molecule has 1 aromatic carbocycles. The maximum absolute atomic E-state index is 12.7. The van der Waals surface area contributed by atoms with Gasteiger partial charge in [-0.1, -0.05) is 17.7 Å². The lowest BCUT2D eigenvalue weighted by atomic mass is 9.94. The molecule has 1 N–H and O–H groups in total. The van der Waals surface area contributed by atoms with Crippen LogP contribution in [0.15, 0.2) is 47.2 Å². The summed E-state index contributed by atoms with van der Waals surface area (Å²) in [5.74, 6) is 1.05. The molecule has 0 bridgehead atoms. The Hall–Kier alpha value is -3.61. The predicted octanol–water partition coefficient (Wildman–Crippen LogP) is 3.49. The normalized spacial score (nSPS) is 12.9. The average Bonchev–Trinajstić information content (AvgIpc) is 3.23. The second-order valence-corrected chi connectivity index (χ2v) is 8.07. The van der Waals surface area contributed by atoms with Gasteiger partial charge in [0.05, 0.1) is 11.8 Å². The van der Waals surface area contributed by atoms with E-state index in [9.17, 15) is 9.59 Å². The highest BCUT2D eigenvalue weighted by Crippen LogP contribution is 2.24. The van der Waals surface area contributed by atoms with Gasteiger partial charge in [0, 0.05) is 31.5 Å². The Morgan fingerprint density at radius 3 is 2.66 bits per heavy atom. The predicted molar refractivity (Wildman–Crippen MR) is 119 cm³/mol. The van der Waals surface area contributed by atoms with E-state index in [4.69, 9.17) is 9.15 Å². The average molecular weight is 434 g/mol. The standard InChI is InChI=1S/C25H27N3O4/c1-16-4-6-20(7-5-16)32-15-24(29)28-10-8-22-19(14-28)12-26-17(2)23(22)13-27-25(30)21-9-11-31-18(21)3/h4-7,9,11-12H,8,10,13-15H2,1-3H3,(H,27,30). The number of hydrogen-bond acceptors (Lipinski definition) is 5. The van der Waals surface area contributed by atoms with Crippen LogP contribution in [-0.4, -0.2) is 34.8 Å². The van der Waals surface area contributed by atoms with E-state index in [2.05, 4.69) is 10.3 Å². The maximum Gasteiger partial charge on any atom is 0.260 e. The third kappa shape index (κ3) is 4.66. The first-order valence-corrected chi connectivity index (χ1v) is 10.7. The van der Waals surface area contributed by atoms with Gasteiger partial charge in [0.1, 0.15) is 11.5 Å². The fourth-order valence-corrected chi connectivity index (χ4v) is 3.92. The highest BCUT2D eigenvalue weighted by molar-refractivity contribution is 5.95. The number of aromatic nitrogens is 1. The molecule has 3 heterocycles. The molecule has 2 amide bonds. The zero-order valence-corrected chi connectivity index (χ0v) is 18.6. The summed E-state index contributed by atoms with van der Waals surface area (Å²) in [5.41, 5.74) is 5.74. The van der Waals surface area contributed by atoms with Crippen molar-refractivity contribution in [1.29, 1.82) is 0 Å². The van der Waals surface area contributed by atoms with Crippen LogP contribution in [0.1, 0.15) is 44.1 Å². The van der Waals surface area contributed by atoms with E-state index in [0.29, 0.717) is 43.1 Å². The van der Waals surface area contributed by atoms with Crippen molar-refractivity contribution in [1.82, 2.24) is 15.2 Å². The number of rotatable bonds is 6. The molecule has 0 atom stereocenters. The lowest BCUT2D eigenvalue weighted by Crippen LogP contribution is -2.39. The van der Waals surface area contributed by atoms with E-state index < -0.39 is 0 Å². The van der Waals surface area contributed by atoms with E-state index in [1.54, 1.807) is 17.9 Å². The summed E-state index contributed by atoms with van der Waals surface area (Å²) in [5, 5.41) is 2.97. The molecule has 4 rings (SSSR count). The highest BCUT2D eigenvalue weighted by atomic mass is 16.5. The van der Waals surface area contributed by atoms with Crippen LogP contribution >= 0.6 is 0 Å². The molecule has 1 aliphatic heterocycles. The van der Waals surface area contributed by atoms with Crippen LogP contribution in [0.5, 0.6) is 5.75 Å². The van der Waals surface area contributed by atoms with Gasteiger partial charge in [0.15, 0.2) is 6.61 Å². The van der Waals surface area contributed by atoms with Crippen molar-refractivity contribution in [3.8, 4) is 5.75 Å². The topological polar surface area (TPSA) is 84.7 Å². The fourth-order valence-electron chi connectivity index (χ4n) is 3.92. The second kappa shape index (κ2) is 9.26. The Labute approximate surface area is 187 Å². The Kier molecular flexibility index (Phi) is 6.25. The van der Waals surface area contributed by atoms with Crippen molar-refractivity contribution >= 4 is 11.8 Å². The lowest BCUT2D eigenvalue weighted by molar-refractivity contribution is -0.134. The van der Waals surface area contributed by atoms with Crippen LogP contribution in [0.4, 0.5) is 0 Å². The summed E-state index contributed by atoms with van der Waals surface area (Å²) in [6, 6.07) is 9.31. The molecule has 0 saturated heterocycles. The fraction of sp³-hybridized carbons (Fsp3) is 0.320. The van der Waals surface area contributed by atoms with Crippen LogP contribution in [0.2, 0.25) is 0 Å². The van der Waals surface area contributed by atoms with Crippen molar-refractivity contribution in [2.24, 2.45) is 0 Å². The molecular weight excluding hydrogens is 406 g/mol. The van der Waals surface area contributed by atoms with Crippen molar-refractivity contribution in [2.75, 3.05) is 13.2 Å². The van der Waals surface area contributed by atoms with Gasteiger partial charge in [-0.3, -0.25) is 14.6 Å². The second-order valence-electron chi connectivity index (χ2n) is 8.07. The maximum atomic E-state index is 12.7. The number of amides is 2. The molecule has 2 aromatic heterocycles. The molecule has 0 spiro atoms. The third-order valence-corrected chi connectivity index (χ3v) is 5.86. The first-order chi connectivity index (χ1) is 15.4. The quantitative estimate of drug-likeness (QED) is 0.643. The number of benzene rings is 1. The highest BCUT2D eigenvalue weighted by Gasteiger charge is 2.24. The largest absolute Gasteiger partial charge is 0.484 e. The van der Waals surface area contributed by atoms with Crippen LogP contribution < -0.4 is 10.1 Å². The van der Waals surface area contributed by atoms with Gasteiger partial charge in [0.25, 0.3) is 11.8 Å². The monoisotopic (exact) mass is 433 g/mol. The van der Waals surface area contributed by atoms with E-state index in [1.165, 1.54) is 6.26 Å². The van der Waals surface area contributed by atoms with E-state index in [0.717, 1.165) is 27.9 Å². The molecule has 3 aromatic rings. The molecule has 0 aliphatic carbocycles. The molecule has 32 heavy (non-hydrogen) atoms. The zero-order valence-electron chi connectivity index (χ0n) is 18.6. The van der Waals surface area contributed by atoms with Crippen LogP contribution in [0.3, 0.4) is 0 Å². The van der Waals surface area contributed by atoms with Crippen LogP contribution in [0.25, 0.3) is 0 Å². The minimum Gasteiger partial charge on any atom is -0.484 e. The summed E-state index contributed by atoms with van der Waals surface area (Å²) < 4.78 is 10.9. The van der Waals surface area contributed by atoms with Gasteiger partial charge in [-0.15, -0.1) is 0 Å². The number of fused-ring (bicyclic) bond motifs is 1. The van der Waals surface area contributed by atoms with Crippen LogP contribution in [0, 0.1) is 20.8 Å². The number of ether oxygens (including phenoxy) is 1. The Balaban J connectivity index is 1.40. The number of hydrogen-bond donors (Lipinski definition) is 1. The third-order valence-electron chi connectivity index (χ3n) is 5.86. The van der Waals surface area contributed by atoms with Crippen molar-refractivity contribution < 1.29 is 18.7 Å². The summed E-state index contributed by atoms with van der Waals surface area (Å²) in [7, 11) is 0. The molecule has 0 fully saturated rings. The summed E-state index contributed by atoms with van der Waals surface area (Å²) in [6.07, 6.45) is 4.05. The lowest BCUT2D eigenvalue weighted by Gasteiger charge is -2.30. The van der Waals surface area contributed by atoms with Gasteiger partial charge in [-0.05, 0) is 62.1 Å². The van der Waals surface area contributed by atoms with Crippen molar-refractivity contribution in [2.45, 2.75) is 40.3 Å². The van der Waals surface area contributed by atoms with Crippen LogP contribution in [-0.2, 0) is 24.3 Å². The molecule has 0 saturated carbocycles. The van der Waals surface area contributed by atoms with E-state index in [1.807, 2.05) is 44.3 Å². The number of nitrogens with zero attached hydrogens (tertiary/aromatic N) is 2.